The van der Waals surface area contributed by atoms with Crippen molar-refractivity contribution in [1.29, 1.82) is 0 Å². The third-order valence-corrected chi connectivity index (χ3v) is 5.64. The molecule has 1 aromatic carbocycles. The Labute approximate surface area is 192 Å². The fraction of sp³-hybridized carbons (Fsp3) is 0.519. The summed E-state index contributed by atoms with van der Waals surface area (Å²) in [6.45, 7) is 9.57. The van der Waals surface area contributed by atoms with Gasteiger partial charge in [-0.15, -0.1) is 0 Å². The predicted molar refractivity (Wildman–Crippen MR) is 130 cm³/mol. The van der Waals surface area contributed by atoms with Gasteiger partial charge in [0.25, 0.3) is 0 Å². The molecule has 0 aliphatic carbocycles. The molecule has 178 valence electrons. The van der Waals surface area contributed by atoms with Crippen LogP contribution in [0.2, 0.25) is 0 Å². The first-order valence-corrected chi connectivity index (χ1v) is 11.4. The first-order valence-electron chi connectivity index (χ1n) is 11.4. The van der Waals surface area contributed by atoms with Crippen molar-refractivity contribution in [2.75, 3.05) is 0 Å². The van der Waals surface area contributed by atoms with E-state index in [4.69, 9.17) is 0 Å². The van der Waals surface area contributed by atoms with Gasteiger partial charge in [-0.25, -0.2) is 4.79 Å². The van der Waals surface area contributed by atoms with Crippen LogP contribution in [0.1, 0.15) is 83.8 Å². The van der Waals surface area contributed by atoms with Gasteiger partial charge in [-0.3, -0.25) is 0 Å². The molecule has 5 nitrogen and oxygen atoms in total. The van der Waals surface area contributed by atoms with Gasteiger partial charge in [0.05, 0.1) is 5.60 Å². The van der Waals surface area contributed by atoms with Crippen LogP contribution in [-0.4, -0.2) is 32.0 Å². The average Bonchev–Trinajstić information content (AvgIpc) is 2.68. The number of carboxylic acid groups (broad SMARTS) is 1. The van der Waals surface area contributed by atoms with Crippen LogP contribution in [0.25, 0.3) is 0 Å². The molecule has 0 heterocycles. The number of aliphatic hydroxyl groups is 1. The van der Waals surface area contributed by atoms with Gasteiger partial charge in [0.15, 0.2) is 0 Å². The van der Waals surface area contributed by atoms with E-state index >= 15 is 0 Å². The lowest BCUT2D eigenvalue weighted by Gasteiger charge is -2.23. The monoisotopic (exact) mass is 444 g/mol. The Balaban J connectivity index is 2.51. The molecule has 0 saturated carbocycles. The van der Waals surface area contributed by atoms with Gasteiger partial charge in [0, 0.05) is 5.57 Å². The fourth-order valence-corrected chi connectivity index (χ4v) is 3.57. The van der Waals surface area contributed by atoms with Crippen LogP contribution in [0.15, 0.2) is 47.1 Å². The highest BCUT2D eigenvalue weighted by Gasteiger charge is 2.20. The predicted octanol–water partition coefficient (Wildman–Crippen LogP) is 6.35. The van der Waals surface area contributed by atoms with Crippen molar-refractivity contribution in [3.05, 3.63) is 58.2 Å². The zero-order valence-electron chi connectivity index (χ0n) is 20.2. The van der Waals surface area contributed by atoms with Gasteiger partial charge in [0.1, 0.15) is 11.5 Å². The number of phenols is 2. The molecule has 1 rings (SSSR count). The van der Waals surface area contributed by atoms with Crippen LogP contribution < -0.4 is 0 Å². The molecule has 1 unspecified atom stereocenters. The maximum atomic E-state index is 11.4. The lowest BCUT2D eigenvalue weighted by molar-refractivity contribution is -0.132. The molecule has 1 aromatic rings. The van der Waals surface area contributed by atoms with Crippen molar-refractivity contribution in [3.63, 3.8) is 0 Å². The number of carboxylic acids is 1. The van der Waals surface area contributed by atoms with Crippen LogP contribution >= 0.6 is 0 Å². The minimum atomic E-state index is -0.885. The lowest BCUT2D eigenvalue weighted by Crippen LogP contribution is -2.24. The molecule has 4 N–H and O–H groups in total. The minimum absolute atomic E-state index is 0.116. The zero-order chi connectivity index (χ0) is 24.3. The average molecular weight is 445 g/mol. The molecule has 0 aliphatic rings. The van der Waals surface area contributed by atoms with E-state index < -0.39 is 11.6 Å². The molecule has 0 bridgehead atoms. The summed E-state index contributed by atoms with van der Waals surface area (Å²) < 4.78 is 0. The molecule has 5 heteroatoms. The molecule has 0 radical (unpaired) electrons. The molecule has 0 amide bonds. The molecule has 0 saturated heterocycles. The number of hydrogen-bond acceptors (Lipinski definition) is 4. The van der Waals surface area contributed by atoms with E-state index in [0.29, 0.717) is 48.8 Å². The first kappa shape index (κ1) is 27.5. The first-order chi connectivity index (χ1) is 14.9. The Morgan fingerprint density at radius 3 is 2.25 bits per heavy atom. The third-order valence-electron chi connectivity index (χ3n) is 5.64. The summed E-state index contributed by atoms with van der Waals surface area (Å²) in [6, 6.07) is 3.06. The van der Waals surface area contributed by atoms with Crippen LogP contribution in [0.5, 0.6) is 11.5 Å². The van der Waals surface area contributed by atoms with E-state index in [1.54, 1.807) is 19.9 Å². The maximum absolute atomic E-state index is 11.4. The number of aromatic hydroxyl groups is 2. The van der Waals surface area contributed by atoms with Crippen molar-refractivity contribution in [2.45, 2.75) is 91.6 Å². The second-order valence-electron chi connectivity index (χ2n) is 9.25. The smallest absolute Gasteiger partial charge is 0.331 e. The molecule has 0 aromatic heterocycles. The summed E-state index contributed by atoms with van der Waals surface area (Å²) in [5.74, 6) is -0.563. The lowest BCUT2D eigenvalue weighted by atomic mass is 9.91. The van der Waals surface area contributed by atoms with E-state index in [1.807, 2.05) is 26.8 Å². The van der Waals surface area contributed by atoms with E-state index in [1.165, 1.54) is 17.2 Å². The Kier molecular flexibility index (Phi) is 11.3. The number of carbonyl (C=O) groups is 1. The highest BCUT2D eigenvalue weighted by Crippen LogP contribution is 2.30. The van der Waals surface area contributed by atoms with Gasteiger partial charge < -0.3 is 20.4 Å². The molecule has 0 spiro atoms. The van der Waals surface area contributed by atoms with Crippen LogP contribution in [0.3, 0.4) is 0 Å². The van der Waals surface area contributed by atoms with Gasteiger partial charge in [-0.1, -0.05) is 29.4 Å². The normalized spacial score (nSPS) is 14.2. The molecule has 0 aliphatic heterocycles. The van der Waals surface area contributed by atoms with Crippen molar-refractivity contribution in [1.82, 2.24) is 0 Å². The highest BCUT2D eigenvalue weighted by atomic mass is 16.4. The van der Waals surface area contributed by atoms with Gasteiger partial charge >= 0.3 is 5.97 Å². The number of hydrogen-bond donors (Lipinski definition) is 4. The molecule has 1 atom stereocenters. The van der Waals surface area contributed by atoms with E-state index in [0.717, 1.165) is 19.3 Å². The Morgan fingerprint density at radius 1 is 0.969 bits per heavy atom. The highest BCUT2D eigenvalue weighted by molar-refractivity contribution is 5.86. The molecular weight excluding hydrogens is 404 g/mol. The standard InChI is InChI=1S/C27H40O5/c1-19(2)9-6-12-22(26(30)31)13-7-10-20(3)11-8-15-27(5,32)16-14-23-18-24(28)17-21(4)25(23)29/h9,11,13,17-18,28-29,32H,6-8,10,12,14-16H2,1-5H3,(H,30,31)/b20-11+,22-13-. The fourth-order valence-electron chi connectivity index (χ4n) is 3.57. The molecule has 32 heavy (non-hydrogen) atoms. The summed E-state index contributed by atoms with van der Waals surface area (Å²) >= 11 is 0. The van der Waals surface area contributed by atoms with E-state index in [-0.39, 0.29) is 11.5 Å². The number of aliphatic carboxylic acids is 1. The Hall–Kier alpha value is -2.53. The number of rotatable bonds is 13. The quantitative estimate of drug-likeness (QED) is 0.161. The van der Waals surface area contributed by atoms with Crippen LogP contribution in [0.4, 0.5) is 0 Å². The Bertz CT molecular complexity index is 855. The minimum Gasteiger partial charge on any atom is -0.508 e. The SMILES string of the molecule is CC(C)=CCC/C(=C/CC/C(C)=C/CCC(C)(O)CCc1cc(O)cc(C)c1O)C(=O)O. The van der Waals surface area contributed by atoms with Crippen molar-refractivity contribution in [3.8, 4) is 11.5 Å². The van der Waals surface area contributed by atoms with E-state index in [9.17, 15) is 25.2 Å². The molecule has 0 fully saturated rings. The topological polar surface area (TPSA) is 98.0 Å². The number of allylic oxidation sites excluding steroid dienone is 5. The van der Waals surface area contributed by atoms with E-state index in [2.05, 4.69) is 12.2 Å². The van der Waals surface area contributed by atoms with Crippen LogP contribution in [0, 0.1) is 6.92 Å². The van der Waals surface area contributed by atoms with Gasteiger partial charge in [-0.2, -0.15) is 0 Å². The summed E-state index contributed by atoms with van der Waals surface area (Å²) in [6.07, 6.45) is 11.0. The second kappa shape index (κ2) is 13.1. The molecular formula is C27H40O5. The third kappa shape index (κ3) is 10.7. The Morgan fingerprint density at radius 2 is 1.62 bits per heavy atom. The van der Waals surface area contributed by atoms with Crippen LogP contribution in [-0.2, 0) is 11.2 Å². The van der Waals surface area contributed by atoms with Crippen molar-refractivity contribution >= 4 is 5.97 Å². The van der Waals surface area contributed by atoms with Gasteiger partial charge in [-0.05, 0) is 109 Å². The van der Waals surface area contributed by atoms with Crippen molar-refractivity contribution < 1.29 is 25.2 Å². The number of benzene rings is 1. The number of aryl methyl sites for hydroxylation is 2. The summed E-state index contributed by atoms with van der Waals surface area (Å²) in [5.41, 5.74) is 3.20. The zero-order valence-corrected chi connectivity index (χ0v) is 20.2. The largest absolute Gasteiger partial charge is 0.508 e. The summed E-state index contributed by atoms with van der Waals surface area (Å²) in [7, 11) is 0. The maximum Gasteiger partial charge on any atom is 0.331 e. The summed E-state index contributed by atoms with van der Waals surface area (Å²) in [4.78, 5) is 11.4. The summed E-state index contributed by atoms with van der Waals surface area (Å²) in [5, 5.41) is 39.9. The second-order valence-corrected chi connectivity index (χ2v) is 9.25. The number of phenolic OH excluding ortho intramolecular Hbond substituents is 2. The van der Waals surface area contributed by atoms with Crippen molar-refractivity contribution in [2.24, 2.45) is 0 Å². The van der Waals surface area contributed by atoms with Gasteiger partial charge in [0.2, 0.25) is 0 Å².